The minimum absolute atomic E-state index is 0.349. The molecule has 1 aliphatic heterocycles. The van der Waals surface area contributed by atoms with Crippen LogP contribution in [0.4, 0.5) is 5.82 Å². The van der Waals surface area contributed by atoms with Crippen molar-refractivity contribution >= 4 is 11.7 Å². The summed E-state index contributed by atoms with van der Waals surface area (Å²) in [6.45, 7) is 1.17. The molecule has 3 aromatic rings. The number of hydrogen-bond acceptors (Lipinski definition) is 6. The standard InChI is InChI=1S/C19H16N6O2/c20-11-13-6-7-14-16(10-13)27-9-2-1-8-25-12-21-24-18(25)15-4-3-5-17(22-15)23-19(14)26/h3-7,10,12H,1-2,8-9H2,(H,22,23,26). The fraction of sp³-hybridized carbons (Fsp3) is 0.211. The van der Waals surface area contributed by atoms with Gasteiger partial charge in [0.1, 0.15) is 23.6 Å². The number of carbonyl (C=O) groups is 1. The smallest absolute Gasteiger partial charge is 0.260 e. The number of fused-ring (bicyclic) bond motifs is 5. The quantitative estimate of drug-likeness (QED) is 0.661. The maximum absolute atomic E-state index is 12.7. The van der Waals surface area contributed by atoms with Crippen LogP contribution in [0, 0.1) is 11.3 Å². The van der Waals surface area contributed by atoms with Crippen LogP contribution in [0.2, 0.25) is 0 Å². The Morgan fingerprint density at radius 1 is 1.22 bits per heavy atom. The molecule has 0 radical (unpaired) electrons. The van der Waals surface area contributed by atoms with E-state index in [9.17, 15) is 4.79 Å². The lowest BCUT2D eigenvalue weighted by atomic mass is 10.1. The number of nitriles is 1. The van der Waals surface area contributed by atoms with Crippen LogP contribution in [0.15, 0.2) is 42.7 Å². The summed E-state index contributed by atoms with van der Waals surface area (Å²) in [5.41, 5.74) is 1.44. The molecule has 1 aromatic carbocycles. The Bertz CT molecular complexity index is 1040. The molecule has 4 rings (SSSR count). The number of hydrogen-bond donors (Lipinski definition) is 1. The van der Waals surface area contributed by atoms with Crippen LogP contribution in [0.1, 0.15) is 28.8 Å². The molecule has 2 aromatic heterocycles. The number of nitrogens with zero attached hydrogens (tertiary/aromatic N) is 5. The van der Waals surface area contributed by atoms with Gasteiger partial charge in [0.25, 0.3) is 5.91 Å². The van der Waals surface area contributed by atoms with Gasteiger partial charge in [0.05, 0.1) is 23.8 Å². The van der Waals surface area contributed by atoms with E-state index in [0.29, 0.717) is 40.8 Å². The van der Waals surface area contributed by atoms with Crippen molar-refractivity contribution < 1.29 is 9.53 Å². The number of amides is 1. The zero-order valence-electron chi connectivity index (χ0n) is 14.4. The monoisotopic (exact) mass is 360 g/mol. The zero-order chi connectivity index (χ0) is 18.6. The van der Waals surface area contributed by atoms with Gasteiger partial charge in [0.2, 0.25) is 0 Å². The average Bonchev–Trinajstić information content (AvgIpc) is 3.15. The van der Waals surface area contributed by atoms with Crippen LogP contribution >= 0.6 is 0 Å². The van der Waals surface area contributed by atoms with Gasteiger partial charge in [-0.05, 0) is 43.2 Å². The summed E-state index contributed by atoms with van der Waals surface area (Å²) < 4.78 is 7.73. The molecule has 134 valence electrons. The molecule has 1 N–H and O–H groups in total. The average molecular weight is 360 g/mol. The predicted octanol–water partition coefficient (Wildman–Crippen LogP) is 2.64. The topological polar surface area (TPSA) is 106 Å². The summed E-state index contributed by atoms with van der Waals surface area (Å²) >= 11 is 0. The second-order valence-electron chi connectivity index (χ2n) is 6.09. The summed E-state index contributed by atoms with van der Waals surface area (Å²) in [5, 5.41) is 20.0. The molecule has 1 aliphatic rings. The molecular formula is C19H16N6O2. The first-order valence-corrected chi connectivity index (χ1v) is 8.58. The lowest BCUT2D eigenvalue weighted by molar-refractivity contribution is 0.102. The van der Waals surface area contributed by atoms with E-state index in [1.54, 1.807) is 36.7 Å². The fourth-order valence-corrected chi connectivity index (χ4v) is 2.89. The lowest BCUT2D eigenvalue weighted by Gasteiger charge is -2.14. The minimum atomic E-state index is -0.349. The van der Waals surface area contributed by atoms with Crippen LogP contribution in [0.25, 0.3) is 11.5 Å². The highest BCUT2D eigenvalue weighted by Gasteiger charge is 2.16. The maximum Gasteiger partial charge on any atom is 0.260 e. The Kier molecular flexibility index (Phi) is 4.49. The van der Waals surface area contributed by atoms with Crippen molar-refractivity contribution in [3.05, 3.63) is 53.9 Å². The summed E-state index contributed by atoms with van der Waals surface area (Å²) in [5.74, 6) is 1.10. The number of aromatic nitrogens is 4. The molecule has 0 saturated carbocycles. The van der Waals surface area contributed by atoms with Crippen molar-refractivity contribution in [2.24, 2.45) is 0 Å². The maximum atomic E-state index is 12.7. The van der Waals surface area contributed by atoms with Gasteiger partial charge in [-0.25, -0.2) is 4.98 Å². The van der Waals surface area contributed by atoms with E-state index >= 15 is 0 Å². The molecule has 0 atom stereocenters. The van der Waals surface area contributed by atoms with Gasteiger partial charge in [-0.3, -0.25) is 4.79 Å². The Labute approximate surface area is 155 Å². The third-order valence-electron chi connectivity index (χ3n) is 4.24. The first-order chi connectivity index (χ1) is 13.2. The second kappa shape index (κ2) is 7.25. The first-order valence-electron chi connectivity index (χ1n) is 8.58. The zero-order valence-corrected chi connectivity index (χ0v) is 14.4. The SMILES string of the molecule is N#Cc1ccc2c(c1)OCCCCn1cnnc1-c1cccc(n1)NC2=O. The summed E-state index contributed by atoms with van der Waals surface area (Å²) in [6.07, 6.45) is 3.30. The molecular weight excluding hydrogens is 344 g/mol. The summed E-state index contributed by atoms with van der Waals surface area (Å²) in [4.78, 5) is 17.2. The third kappa shape index (κ3) is 3.48. The molecule has 8 nitrogen and oxygen atoms in total. The molecule has 8 heteroatoms. The normalized spacial score (nSPS) is 14.0. The van der Waals surface area contributed by atoms with Gasteiger partial charge in [-0.2, -0.15) is 5.26 Å². The van der Waals surface area contributed by atoms with Gasteiger partial charge in [0.15, 0.2) is 5.82 Å². The molecule has 27 heavy (non-hydrogen) atoms. The number of ether oxygens (including phenoxy) is 1. The van der Waals surface area contributed by atoms with Crippen molar-refractivity contribution in [2.45, 2.75) is 19.4 Å². The highest BCUT2D eigenvalue weighted by Crippen LogP contribution is 2.23. The number of aryl methyl sites for hydroxylation is 1. The van der Waals surface area contributed by atoms with Crippen molar-refractivity contribution in [3.63, 3.8) is 0 Å². The number of pyridine rings is 1. The Morgan fingerprint density at radius 3 is 3.04 bits per heavy atom. The van der Waals surface area contributed by atoms with Gasteiger partial charge in [0, 0.05) is 6.54 Å². The van der Waals surface area contributed by atoms with E-state index in [0.717, 1.165) is 19.4 Å². The number of nitrogens with one attached hydrogen (secondary N) is 1. The minimum Gasteiger partial charge on any atom is -0.493 e. The molecule has 0 unspecified atom stereocenters. The molecule has 2 bridgehead atoms. The van der Waals surface area contributed by atoms with Crippen molar-refractivity contribution in [1.29, 1.82) is 5.26 Å². The number of carbonyl (C=O) groups excluding carboxylic acids is 1. The fourth-order valence-electron chi connectivity index (χ4n) is 2.89. The van der Waals surface area contributed by atoms with Crippen molar-refractivity contribution in [1.82, 2.24) is 19.7 Å². The Morgan fingerprint density at radius 2 is 2.15 bits per heavy atom. The third-order valence-corrected chi connectivity index (χ3v) is 4.24. The van der Waals surface area contributed by atoms with Crippen LogP contribution < -0.4 is 10.1 Å². The van der Waals surface area contributed by atoms with Crippen molar-refractivity contribution in [3.8, 4) is 23.3 Å². The molecule has 1 amide bonds. The summed E-state index contributed by atoms with van der Waals surface area (Å²) in [7, 11) is 0. The molecule has 0 fully saturated rings. The number of benzene rings is 1. The molecule has 3 heterocycles. The van der Waals surface area contributed by atoms with E-state index in [1.807, 2.05) is 10.6 Å². The molecule has 0 aliphatic carbocycles. The van der Waals surface area contributed by atoms with Gasteiger partial charge < -0.3 is 14.6 Å². The van der Waals surface area contributed by atoms with Gasteiger partial charge >= 0.3 is 0 Å². The first kappa shape index (κ1) is 16.7. The lowest BCUT2D eigenvalue weighted by Crippen LogP contribution is -2.16. The van der Waals surface area contributed by atoms with Crippen LogP contribution in [-0.2, 0) is 6.54 Å². The van der Waals surface area contributed by atoms with Gasteiger partial charge in [-0.15, -0.1) is 10.2 Å². The predicted molar refractivity (Wildman–Crippen MR) is 97.1 cm³/mol. The summed E-state index contributed by atoms with van der Waals surface area (Å²) in [6, 6.07) is 12.2. The van der Waals surface area contributed by atoms with E-state index in [-0.39, 0.29) is 5.91 Å². The second-order valence-corrected chi connectivity index (χ2v) is 6.09. The van der Waals surface area contributed by atoms with Crippen LogP contribution in [-0.4, -0.2) is 32.3 Å². The van der Waals surface area contributed by atoms with Crippen LogP contribution in [0.3, 0.4) is 0 Å². The van der Waals surface area contributed by atoms with E-state index < -0.39 is 0 Å². The van der Waals surface area contributed by atoms with E-state index in [1.165, 1.54) is 0 Å². The number of anilines is 1. The molecule has 0 spiro atoms. The van der Waals surface area contributed by atoms with E-state index in [2.05, 4.69) is 26.6 Å². The van der Waals surface area contributed by atoms with Crippen LogP contribution in [0.5, 0.6) is 5.75 Å². The van der Waals surface area contributed by atoms with Gasteiger partial charge in [-0.1, -0.05) is 6.07 Å². The highest BCUT2D eigenvalue weighted by molar-refractivity contribution is 6.05. The largest absolute Gasteiger partial charge is 0.493 e. The van der Waals surface area contributed by atoms with E-state index in [4.69, 9.17) is 10.00 Å². The Balaban J connectivity index is 1.74. The van der Waals surface area contributed by atoms with Crippen molar-refractivity contribution in [2.75, 3.05) is 11.9 Å². The highest BCUT2D eigenvalue weighted by atomic mass is 16.5. The molecule has 0 saturated heterocycles. The number of rotatable bonds is 0. The Hall–Kier alpha value is -3.73.